The van der Waals surface area contributed by atoms with Crippen LogP contribution in [0.1, 0.15) is 5.56 Å². The van der Waals surface area contributed by atoms with Gasteiger partial charge in [-0.05, 0) is 19.1 Å². The average molecular weight is 298 g/mol. The van der Waals surface area contributed by atoms with Crippen LogP contribution in [0.3, 0.4) is 0 Å². The van der Waals surface area contributed by atoms with Gasteiger partial charge in [-0.15, -0.1) is 0 Å². The summed E-state index contributed by atoms with van der Waals surface area (Å²) in [4.78, 5) is 24.9. The molecule has 1 aromatic carbocycles. The predicted molar refractivity (Wildman–Crippen MR) is 82.9 cm³/mol. The highest BCUT2D eigenvalue weighted by Gasteiger charge is 2.32. The normalized spacial score (nSPS) is 14.5. The predicted octanol–water partition coefficient (Wildman–Crippen LogP) is 1.45. The maximum Gasteiger partial charge on any atom is 0.242 e. The number of likely N-dealkylation sites (tertiary alicyclic amines) is 1. The molecule has 2 heterocycles. The molecule has 0 spiro atoms. The Balaban J connectivity index is 1.48. The van der Waals surface area contributed by atoms with Crippen LogP contribution in [0.2, 0.25) is 0 Å². The maximum atomic E-state index is 12.1. The van der Waals surface area contributed by atoms with Gasteiger partial charge in [0.05, 0.1) is 13.1 Å². The third-order valence-corrected chi connectivity index (χ3v) is 3.70. The molecule has 0 bridgehead atoms. The SMILES string of the molecule is Cc1ccc(OC2CN(C(=O)Cn3ccc(=O)cc3)C2)cc1. The van der Waals surface area contributed by atoms with E-state index >= 15 is 0 Å². The number of rotatable bonds is 4. The highest BCUT2D eigenvalue weighted by atomic mass is 16.5. The van der Waals surface area contributed by atoms with Gasteiger partial charge in [-0.3, -0.25) is 9.59 Å². The molecule has 1 aliphatic heterocycles. The van der Waals surface area contributed by atoms with Gasteiger partial charge in [0.25, 0.3) is 0 Å². The van der Waals surface area contributed by atoms with Crippen molar-refractivity contribution in [2.45, 2.75) is 19.6 Å². The summed E-state index contributed by atoms with van der Waals surface area (Å²) < 4.78 is 7.52. The molecule has 0 unspecified atom stereocenters. The average Bonchev–Trinajstić information content (AvgIpc) is 2.46. The number of ether oxygens (including phenoxy) is 1. The van der Waals surface area contributed by atoms with Crippen molar-refractivity contribution in [3.63, 3.8) is 0 Å². The molecule has 1 amide bonds. The van der Waals surface area contributed by atoms with Gasteiger partial charge in [0.2, 0.25) is 5.91 Å². The van der Waals surface area contributed by atoms with Gasteiger partial charge < -0.3 is 14.2 Å². The van der Waals surface area contributed by atoms with Crippen LogP contribution in [0.5, 0.6) is 5.75 Å². The summed E-state index contributed by atoms with van der Waals surface area (Å²) in [6.07, 6.45) is 3.31. The molecule has 2 aromatic rings. The van der Waals surface area contributed by atoms with Crippen molar-refractivity contribution < 1.29 is 9.53 Å². The van der Waals surface area contributed by atoms with Crippen molar-refractivity contribution >= 4 is 5.91 Å². The summed E-state index contributed by atoms with van der Waals surface area (Å²) in [5.74, 6) is 0.871. The molecule has 1 aromatic heterocycles. The van der Waals surface area contributed by atoms with Gasteiger partial charge >= 0.3 is 0 Å². The minimum absolute atomic E-state index is 0.0346. The largest absolute Gasteiger partial charge is 0.487 e. The van der Waals surface area contributed by atoms with E-state index in [2.05, 4.69) is 0 Å². The van der Waals surface area contributed by atoms with Crippen molar-refractivity contribution in [1.29, 1.82) is 0 Å². The zero-order chi connectivity index (χ0) is 15.5. The third kappa shape index (κ3) is 3.36. The summed E-state index contributed by atoms with van der Waals surface area (Å²) in [6, 6.07) is 10.8. The number of carbonyl (C=O) groups excluding carboxylic acids is 1. The number of hydrogen-bond donors (Lipinski definition) is 0. The van der Waals surface area contributed by atoms with E-state index in [9.17, 15) is 9.59 Å². The number of nitrogens with zero attached hydrogens (tertiary/aromatic N) is 2. The van der Waals surface area contributed by atoms with Gasteiger partial charge in [-0.1, -0.05) is 17.7 Å². The molecule has 114 valence electrons. The first-order valence-electron chi connectivity index (χ1n) is 7.27. The number of benzene rings is 1. The summed E-state index contributed by atoms with van der Waals surface area (Å²) in [5, 5.41) is 0. The number of amides is 1. The highest BCUT2D eigenvalue weighted by Crippen LogP contribution is 2.18. The van der Waals surface area contributed by atoms with Crippen LogP contribution >= 0.6 is 0 Å². The third-order valence-electron chi connectivity index (χ3n) is 3.70. The van der Waals surface area contributed by atoms with Crippen molar-refractivity contribution in [1.82, 2.24) is 9.47 Å². The maximum absolute atomic E-state index is 12.1. The van der Waals surface area contributed by atoms with Crippen molar-refractivity contribution in [2.75, 3.05) is 13.1 Å². The van der Waals surface area contributed by atoms with E-state index < -0.39 is 0 Å². The molecule has 0 saturated carbocycles. The Morgan fingerprint density at radius 1 is 1.14 bits per heavy atom. The van der Waals surface area contributed by atoms with Gasteiger partial charge in [-0.2, -0.15) is 0 Å². The van der Waals surface area contributed by atoms with Crippen LogP contribution in [0.15, 0.2) is 53.6 Å². The molecule has 5 heteroatoms. The summed E-state index contributed by atoms with van der Waals surface area (Å²) in [7, 11) is 0. The zero-order valence-electron chi connectivity index (χ0n) is 12.4. The van der Waals surface area contributed by atoms with Crippen molar-refractivity contribution in [2.24, 2.45) is 0 Å². The first-order valence-corrected chi connectivity index (χ1v) is 7.27. The fraction of sp³-hybridized carbons (Fsp3) is 0.294. The second-order valence-electron chi connectivity index (χ2n) is 5.56. The van der Waals surface area contributed by atoms with E-state index in [1.165, 1.54) is 17.7 Å². The minimum Gasteiger partial charge on any atom is -0.487 e. The molecule has 5 nitrogen and oxygen atoms in total. The van der Waals surface area contributed by atoms with Gasteiger partial charge in [0.15, 0.2) is 5.43 Å². The van der Waals surface area contributed by atoms with Crippen LogP contribution < -0.4 is 10.2 Å². The van der Waals surface area contributed by atoms with Crippen molar-refractivity contribution in [3.05, 3.63) is 64.6 Å². The quantitative estimate of drug-likeness (QED) is 0.858. The second kappa shape index (κ2) is 6.05. The van der Waals surface area contributed by atoms with Gasteiger partial charge in [0.1, 0.15) is 18.4 Å². The smallest absolute Gasteiger partial charge is 0.242 e. The number of aryl methyl sites for hydroxylation is 1. The monoisotopic (exact) mass is 298 g/mol. The Morgan fingerprint density at radius 3 is 2.41 bits per heavy atom. The molecular weight excluding hydrogens is 280 g/mol. The molecule has 0 aliphatic carbocycles. The van der Waals surface area contributed by atoms with Crippen LogP contribution in [-0.2, 0) is 11.3 Å². The number of pyridine rings is 1. The molecular formula is C17H18N2O3. The van der Waals surface area contributed by atoms with E-state index in [1.807, 2.05) is 31.2 Å². The van der Waals surface area contributed by atoms with Crippen molar-refractivity contribution in [3.8, 4) is 5.75 Å². The fourth-order valence-electron chi connectivity index (χ4n) is 2.33. The highest BCUT2D eigenvalue weighted by molar-refractivity contribution is 5.77. The van der Waals surface area contributed by atoms with Crippen LogP contribution in [0.4, 0.5) is 0 Å². The van der Waals surface area contributed by atoms with E-state index in [0.29, 0.717) is 13.1 Å². The van der Waals surface area contributed by atoms with Crippen LogP contribution in [0.25, 0.3) is 0 Å². The lowest BCUT2D eigenvalue weighted by Crippen LogP contribution is -2.56. The molecule has 3 rings (SSSR count). The number of carbonyl (C=O) groups is 1. The summed E-state index contributed by atoms with van der Waals surface area (Å²) in [5.41, 5.74) is 1.14. The van der Waals surface area contributed by atoms with Crippen LogP contribution in [-0.4, -0.2) is 34.6 Å². The van der Waals surface area contributed by atoms with Crippen LogP contribution in [0, 0.1) is 6.92 Å². The Kier molecular flexibility index (Phi) is 3.96. The molecule has 22 heavy (non-hydrogen) atoms. The lowest BCUT2D eigenvalue weighted by molar-refractivity contribution is -0.140. The number of hydrogen-bond acceptors (Lipinski definition) is 3. The van der Waals surface area contributed by atoms with E-state index in [1.54, 1.807) is 21.9 Å². The first kappa shape index (κ1) is 14.4. The molecule has 0 radical (unpaired) electrons. The van der Waals surface area contributed by atoms with E-state index in [-0.39, 0.29) is 24.0 Å². The summed E-state index contributed by atoms with van der Waals surface area (Å²) in [6.45, 7) is 3.49. The first-order chi connectivity index (χ1) is 10.6. The lowest BCUT2D eigenvalue weighted by atomic mass is 10.1. The molecule has 1 fully saturated rings. The Morgan fingerprint density at radius 2 is 1.77 bits per heavy atom. The fourth-order valence-corrected chi connectivity index (χ4v) is 2.33. The molecule has 1 saturated heterocycles. The molecule has 0 atom stereocenters. The number of aromatic nitrogens is 1. The van der Waals surface area contributed by atoms with E-state index in [0.717, 1.165) is 5.75 Å². The standard InChI is InChI=1S/C17H18N2O3/c1-13-2-4-15(5-3-13)22-16-10-19(11-16)17(21)12-18-8-6-14(20)7-9-18/h2-9,16H,10-12H2,1H3. The molecule has 0 N–H and O–H groups in total. The van der Waals surface area contributed by atoms with Gasteiger partial charge in [0, 0.05) is 24.5 Å². The lowest BCUT2D eigenvalue weighted by Gasteiger charge is -2.39. The second-order valence-corrected chi connectivity index (χ2v) is 5.56. The minimum atomic E-state index is -0.0563. The Labute approximate surface area is 128 Å². The Bertz CT molecular complexity index is 695. The molecule has 1 aliphatic rings. The summed E-state index contributed by atoms with van der Waals surface area (Å²) >= 11 is 0. The topological polar surface area (TPSA) is 51.5 Å². The zero-order valence-corrected chi connectivity index (χ0v) is 12.4. The Hall–Kier alpha value is -2.56. The van der Waals surface area contributed by atoms with E-state index in [4.69, 9.17) is 4.74 Å². The van der Waals surface area contributed by atoms with Gasteiger partial charge in [-0.25, -0.2) is 0 Å².